The van der Waals surface area contributed by atoms with E-state index in [4.69, 9.17) is 4.74 Å². The van der Waals surface area contributed by atoms with Gasteiger partial charge in [-0.1, -0.05) is 12.1 Å². The summed E-state index contributed by atoms with van der Waals surface area (Å²) in [6.45, 7) is 1.14. The topological polar surface area (TPSA) is 41.5 Å². The number of rotatable bonds is 7. The van der Waals surface area contributed by atoms with Gasteiger partial charge in [0.15, 0.2) is 0 Å². The zero-order valence-corrected chi connectivity index (χ0v) is 15.3. The van der Waals surface area contributed by atoms with Gasteiger partial charge in [0.1, 0.15) is 17.4 Å². The molecule has 1 aliphatic heterocycles. The van der Waals surface area contributed by atoms with Crippen molar-refractivity contribution in [3.63, 3.8) is 0 Å². The largest absolute Gasteiger partial charge is 0.493 e. The van der Waals surface area contributed by atoms with E-state index in [1.165, 1.54) is 24.3 Å². The predicted octanol–water partition coefficient (Wildman–Crippen LogP) is 3.66. The summed E-state index contributed by atoms with van der Waals surface area (Å²) in [5, 5.41) is 12.8. The van der Waals surface area contributed by atoms with Crippen molar-refractivity contribution >= 4 is 12.4 Å². The molecule has 2 atom stereocenters. The molecular formula is C20H24ClF2NO2. The first-order valence-corrected chi connectivity index (χ1v) is 8.67. The first kappa shape index (κ1) is 20.6. The smallest absolute Gasteiger partial charge is 0.123 e. The molecule has 1 fully saturated rings. The highest BCUT2D eigenvalue weighted by Crippen LogP contribution is 2.22. The Morgan fingerprint density at radius 3 is 2.46 bits per heavy atom. The van der Waals surface area contributed by atoms with Gasteiger partial charge in [0.05, 0.1) is 12.7 Å². The van der Waals surface area contributed by atoms with E-state index < -0.39 is 0 Å². The van der Waals surface area contributed by atoms with E-state index in [9.17, 15) is 13.9 Å². The lowest BCUT2D eigenvalue weighted by atomic mass is 10.0. The van der Waals surface area contributed by atoms with E-state index in [0.29, 0.717) is 31.7 Å². The molecule has 1 heterocycles. The van der Waals surface area contributed by atoms with E-state index in [-0.39, 0.29) is 36.2 Å². The van der Waals surface area contributed by atoms with Crippen molar-refractivity contribution in [2.75, 3.05) is 13.2 Å². The van der Waals surface area contributed by atoms with Crippen molar-refractivity contribution in [3.8, 4) is 5.75 Å². The minimum absolute atomic E-state index is 0. The van der Waals surface area contributed by atoms with E-state index in [0.717, 1.165) is 24.0 Å². The quantitative estimate of drug-likeness (QED) is 0.766. The summed E-state index contributed by atoms with van der Waals surface area (Å²) in [5.74, 6) is 0.133. The maximum atomic E-state index is 13.6. The van der Waals surface area contributed by atoms with Crippen LogP contribution in [0.25, 0.3) is 0 Å². The molecular weight excluding hydrogens is 360 g/mol. The molecule has 0 amide bonds. The molecule has 3 rings (SSSR count). The lowest BCUT2D eigenvalue weighted by Crippen LogP contribution is -2.23. The highest BCUT2D eigenvalue weighted by molar-refractivity contribution is 5.85. The Hall–Kier alpha value is -1.69. The van der Waals surface area contributed by atoms with Crippen molar-refractivity contribution < 1.29 is 18.6 Å². The SMILES string of the molecule is Cl.OC1CNC(CCOc2ccc(F)cc2CCc2ccc(F)cc2)C1. The van der Waals surface area contributed by atoms with Gasteiger partial charge in [0.2, 0.25) is 0 Å². The highest BCUT2D eigenvalue weighted by Gasteiger charge is 2.21. The third-order valence-corrected chi connectivity index (χ3v) is 4.54. The van der Waals surface area contributed by atoms with Gasteiger partial charge in [-0.25, -0.2) is 8.78 Å². The number of nitrogens with one attached hydrogen (secondary N) is 1. The Kier molecular flexibility index (Phi) is 7.82. The van der Waals surface area contributed by atoms with Gasteiger partial charge in [-0.3, -0.25) is 0 Å². The fourth-order valence-electron chi connectivity index (χ4n) is 3.14. The van der Waals surface area contributed by atoms with Crippen molar-refractivity contribution in [1.82, 2.24) is 5.32 Å². The van der Waals surface area contributed by atoms with Crippen LogP contribution in [0.15, 0.2) is 42.5 Å². The predicted molar refractivity (Wildman–Crippen MR) is 100.0 cm³/mol. The molecule has 0 saturated carbocycles. The van der Waals surface area contributed by atoms with E-state index in [1.54, 1.807) is 18.2 Å². The average molecular weight is 384 g/mol. The first-order chi connectivity index (χ1) is 12.1. The van der Waals surface area contributed by atoms with Crippen LogP contribution in [0, 0.1) is 11.6 Å². The normalized spacial score (nSPS) is 19.2. The van der Waals surface area contributed by atoms with Crippen molar-refractivity contribution in [2.45, 2.75) is 37.8 Å². The standard InChI is InChI=1S/C20H23F2NO2.ClH/c21-16-5-2-14(3-6-16)1-4-15-11-17(22)7-8-20(15)25-10-9-18-12-19(24)13-23-18;/h2-3,5-8,11,18-19,23-24H,1,4,9-10,12-13H2;1H. The summed E-state index contributed by atoms with van der Waals surface area (Å²) >= 11 is 0. The van der Waals surface area contributed by atoms with Crippen molar-refractivity contribution in [3.05, 3.63) is 65.2 Å². The molecule has 6 heteroatoms. The number of aryl methyl sites for hydroxylation is 2. The van der Waals surface area contributed by atoms with Crippen LogP contribution in [0.2, 0.25) is 0 Å². The number of β-amino-alcohol motifs (C(OH)–C–C–N with tert-alkyl or cyclic N) is 1. The molecule has 0 spiro atoms. The van der Waals surface area contributed by atoms with Crippen LogP contribution in [0.1, 0.15) is 24.0 Å². The van der Waals surface area contributed by atoms with Crippen LogP contribution >= 0.6 is 12.4 Å². The van der Waals surface area contributed by atoms with E-state index >= 15 is 0 Å². The van der Waals surface area contributed by atoms with Gasteiger partial charge in [-0.2, -0.15) is 0 Å². The fraction of sp³-hybridized carbons (Fsp3) is 0.400. The van der Waals surface area contributed by atoms with Crippen LogP contribution in [0.5, 0.6) is 5.75 Å². The molecule has 2 unspecified atom stereocenters. The summed E-state index contributed by atoms with van der Waals surface area (Å²) < 4.78 is 32.4. The monoisotopic (exact) mass is 383 g/mol. The third kappa shape index (κ3) is 5.94. The molecule has 142 valence electrons. The summed E-state index contributed by atoms with van der Waals surface area (Å²) in [7, 11) is 0. The third-order valence-electron chi connectivity index (χ3n) is 4.54. The molecule has 3 nitrogen and oxygen atoms in total. The maximum Gasteiger partial charge on any atom is 0.123 e. The lowest BCUT2D eigenvalue weighted by Gasteiger charge is -2.14. The van der Waals surface area contributed by atoms with Crippen molar-refractivity contribution in [1.29, 1.82) is 0 Å². The number of aliphatic hydroxyl groups excluding tert-OH is 1. The van der Waals surface area contributed by atoms with Crippen LogP contribution in [0.4, 0.5) is 8.78 Å². The maximum absolute atomic E-state index is 13.6. The number of hydrogen-bond donors (Lipinski definition) is 2. The molecule has 0 radical (unpaired) electrons. The number of ether oxygens (including phenoxy) is 1. The van der Waals surface area contributed by atoms with Gasteiger partial charge in [-0.15, -0.1) is 12.4 Å². The second kappa shape index (κ2) is 9.86. The summed E-state index contributed by atoms with van der Waals surface area (Å²) in [5.41, 5.74) is 1.81. The van der Waals surface area contributed by atoms with Gasteiger partial charge >= 0.3 is 0 Å². The zero-order valence-electron chi connectivity index (χ0n) is 14.5. The summed E-state index contributed by atoms with van der Waals surface area (Å²) in [4.78, 5) is 0. The lowest BCUT2D eigenvalue weighted by molar-refractivity contribution is 0.191. The second-order valence-corrected chi connectivity index (χ2v) is 6.51. The first-order valence-electron chi connectivity index (χ1n) is 8.67. The zero-order chi connectivity index (χ0) is 17.6. The van der Waals surface area contributed by atoms with Crippen LogP contribution < -0.4 is 10.1 Å². The Labute approximate surface area is 158 Å². The van der Waals surface area contributed by atoms with E-state index in [2.05, 4.69) is 5.32 Å². The van der Waals surface area contributed by atoms with Crippen LogP contribution in [-0.4, -0.2) is 30.4 Å². The van der Waals surface area contributed by atoms with Gasteiger partial charge in [0.25, 0.3) is 0 Å². The summed E-state index contributed by atoms with van der Waals surface area (Å²) in [6, 6.07) is 11.2. The van der Waals surface area contributed by atoms with Crippen molar-refractivity contribution in [2.24, 2.45) is 0 Å². The minimum atomic E-state index is -0.290. The molecule has 1 saturated heterocycles. The molecule has 0 aliphatic carbocycles. The Morgan fingerprint density at radius 2 is 1.77 bits per heavy atom. The Balaban J connectivity index is 0.00000243. The molecule has 26 heavy (non-hydrogen) atoms. The average Bonchev–Trinajstić information content (AvgIpc) is 3.01. The second-order valence-electron chi connectivity index (χ2n) is 6.51. The van der Waals surface area contributed by atoms with Gasteiger partial charge in [0, 0.05) is 12.6 Å². The van der Waals surface area contributed by atoms with Crippen LogP contribution in [-0.2, 0) is 12.8 Å². The number of aliphatic hydroxyl groups is 1. The molecule has 2 aromatic carbocycles. The molecule has 0 aromatic heterocycles. The summed E-state index contributed by atoms with van der Waals surface area (Å²) in [6.07, 6.45) is 2.58. The molecule has 1 aliphatic rings. The molecule has 0 bridgehead atoms. The number of halogens is 3. The molecule has 2 aromatic rings. The fourth-order valence-corrected chi connectivity index (χ4v) is 3.14. The highest BCUT2D eigenvalue weighted by atomic mass is 35.5. The minimum Gasteiger partial charge on any atom is -0.493 e. The number of hydrogen-bond acceptors (Lipinski definition) is 3. The number of benzene rings is 2. The molecule has 2 N–H and O–H groups in total. The van der Waals surface area contributed by atoms with E-state index in [1.807, 2.05) is 0 Å². The van der Waals surface area contributed by atoms with Gasteiger partial charge < -0.3 is 15.2 Å². The van der Waals surface area contributed by atoms with Crippen LogP contribution in [0.3, 0.4) is 0 Å². The van der Waals surface area contributed by atoms with Gasteiger partial charge in [-0.05, 0) is 67.1 Å². The Morgan fingerprint density at radius 1 is 1.04 bits per heavy atom. The Bertz CT molecular complexity index is 697.